The molecule has 0 aromatic rings. The average Bonchev–Trinajstić information content (AvgIpc) is 2.88. The van der Waals surface area contributed by atoms with E-state index in [1.54, 1.807) is 0 Å². The largest absolute Gasteiger partial charge is 0.389 e. The minimum atomic E-state index is -0.455. The molecule has 0 heterocycles. The van der Waals surface area contributed by atoms with Gasteiger partial charge in [-0.2, -0.15) is 0 Å². The Kier molecular flexibility index (Phi) is 3.13. The molecule has 1 fully saturated rings. The molecule has 2 atom stereocenters. The Labute approximate surface area is 75.2 Å². The summed E-state index contributed by atoms with van der Waals surface area (Å²) in [4.78, 5) is 0. The number of nitrogens with two attached hydrogens (primary N) is 1. The fraction of sp³-hybridized carbons (Fsp3) is 1.00. The summed E-state index contributed by atoms with van der Waals surface area (Å²) in [6, 6.07) is 0. The minimum Gasteiger partial charge on any atom is -0.389 e. The van der Waals surface area contributed by atoms with Crippen molar-refractivity contribution in [1.29, 1.82) is 0 Å². The summed E-state index contributed by atoms with van der Waals surface area (Å²) in [6.07, 6.45) is 4.24. The minimum absolute atomic E-state index is 0.301. The maximum absolute atomic E-state index is 10.3. The molecule has 2 unspecified atom stereocenters. The number of aliphatic hydroxyl groups is 1. The SMILES string of the molecule is CCC(CN)C(O)(CC)C1CC1. The molecule has 0 aromatic carbocycles. The Morgan fingerprint density at radius 2 is 2.08 bits per heavy atom. The lowest BCUT2D eigenvalue weighted by atomic mass is 9.79. The zero-order valence-corrected chi connectivity index (χ0v) is 8.21. The number of rotatable bonds is 5. The van der Waals surface area contributed by atoms with Crippen molar-refractivity contribution in [2.24, 2.45) is 17.6 Å². The van der Waals surface area contributed by atoms with Gasteiger partial charge in [-0.25, -0.2) is 0 Å². The van der Waals surface area contributed by atoms with Gasteiger partial charge in [-0.05, 0) is 44.1 Å². The van der Waals surface area contributed by atoms with E-state index in [2.05, 4.69) is 13.8 Å². The van der Waals surface area contributed by atoms with Gasteiger partial charge in [0.2, 0.25) is 0 Å². The molecule has 72 valence electrons. The van der Waals surface area contributed by atoms with Gasteiger partial charge in [-0.3, -0.25) is 0 Å². The van der Waals surface area contributed by atoms with Crippen molar-refractivity contribution >= 4 is 0 Å². The molecule has 3 N–H and O–H groups in total. The van der Waals surface area contributed by atoms with Crippen molar-refractivity contribution in [1.82, 2.24) is 0 Å². The third-order valence-corrected chi connectivity index (χ3v) is 3.33. The quantitative estimate of drug-likeness (QED) is 0.659. The third-order valence-electron chi connectivity index (χ3n) is 3.33. The number of hydrogen-bond acceptors (Lipinski definition) is 2. The second kappa shape index (κ2) is 3.75. The van der Waals surface area contributed by atoms with E-state index in [1.165, 1.54) is 12.8 Å². The predicted molar refractivity (Wildman–Crippen MR) is 50.8 cm³/mol. The van der Waals surface area contributed by atoms with Gasteiger partial charge in [0.05, 0.1) is 5.60 Å². The maximum Gasteiger partial charge on any atom is 0.0713 e. The molecule has 2 nitrogen and oxygen atoms in total. The summed E-state index contributed by atoms with van der Waals surface area (Å²) in [5, 5.41) is 10.3. The average molecular weight is 171 g/mol. The second-order valence-electron chi connectivity index (χ2n) is 3.96. The molecule has 0 aliphatic heterocycles. The van der Waals surface area contributed by atoms with E-state index in [-0.39, 0.29) is 0 Å². The molecule has 2 heteroatoms. The smallest absolute Gasteiger partial charge is 0.0713 e. The molecule has 0 saturated heterocycles. The van der Waals surface area contributed by atoms with Gasteiger partial charge in [0, 0.05) is 0 Å². The van der Waals surface area contributed by atoms with Gasteiger partial charge in [0.25, 0.3) is 0 Å². The summed E-state index contributed by atoms with van der Waals surface area (Å²) in [6.45, 7) is 4.80. The molecule has 1 aliphatic rings. The zero-order chi connectivity index (χ0) is 9.19. The van der Waals surface area contributed by atoms with Crippen molar-refractivity contribution in [3.63, 3.8) is 0 Å². The van der Waals surface area contributed by atoms with Crippen LogP contribution in [0.15, 0.2) is 0 Å². The van der Waals surface area contributed by atoms with E-state index in [0.717, 1.165) is 12.8 Å². The lowest BCUT2D eigenvalue weighted by Gasteiger charge is -2.34. The van der Waals surface area contributed by atoms with Crippen LogP contribution in [0.1, 0.15) is 39.5 Å². The number of hydrogen-bond donors (Lipinski definition) is 2. The Morgan fingerprint density at radius 3 is 2.33 bits per heavy atom. The Hall–Kier alpha value is -0.0800. The molecular formula is C10H21NO. The molecule has 0 aromatic heterocycles. The Balaban J connectivity index is 2.61. The fourth-order valence-corrected chi connectivity index (χ4v) is 2.22. The van der Waals surface area contributed by atoms with Crippen LogP contribution in [0.2, 0.25) is 0 Å². The van der Waals surface area contributed by atoms with Gasteiger partial charge in [-0.1, -0.05) is 13.8 Å². The fourth-order valence-electron chi connectivity index (χ4n) is 2.22. The van der Waals surface area contributed by atoms with E-state index in [1.807, 2.05) is 0 Å². The van der Waals surface area contributed by atoms with Crippen molar-refractivity contribution in [3.8, 4) is 0 Å². The highest BCUT2D eigenvalue weighted by atomic mass is 16.3. The van der Waals surface area contributed by atoms with Crippen LogP contribution < -0.4 is 5.73 Å². The second-order valence-corrected chi connectivity index (χ2v) is 3.96. The highest BCUT2D eigenvalue weighted by Gasteiger charge is 2.46. The van der Waals surface area contributed by atoms with Crippen LogP contribution in [0.3, 0.4) is 0 Å². The van der Waals surface area contributed by atoms with Crippen molar-refractivity contribution in [2.45, 2.75) is 45.1 Å². The van der Waals surface area contributed by atoms with Crippen molar-refractivity contribution < 1.29 is 5.11 Å². The molecule has 1 saturated carbocycles. The highest BCUT2D eigenvalue weighted by molar-refractivity contribution is 4.98. The van der Waals surface area contributed by atoms with Crippen LogP contribution in [-0.2, 0) is 0 Å². The van der Waals surface area contributed by atoms with Gasteiger partial charge < -0.3 is 10.8 Å². The summed E-state index contributed by atoms with van der Waals surface area (Å²) in [7, 11) is 0. The first-order chi connectivity index (χ1) is 5.69. The van der Waals surface area contributed by atoms with Crippen molar-refractivity contribution in [3.05, 3.63) is 0 Å². The molecule has 0 radical (unpaired) electrons. The first-order valence-corrected chi connectivity index (χ1v) is 5.11. The van der Waals surface area contributed by atoms with Crippen LogP contribution in [0.4, 0.5) is 0 Å². The van der Waals surface area contributed by atoms with Gasteiger partial charge in [0.15, 0.2) is 0 Å². The monoisotopic (exact) mass is 171 g/mol. The van der Waals surface area contributed by atoms with Crippen LogP contribution in [0, 0.1) is 11.8 Å². The van der Waals surface area contributed by atoms with E-state index >= 15 is 0 Å². The van der Waals surface area contributed by atoms with Crippen LogP contribution >= 0.6 is 0 Å². The molecule has 0 amide bonds. The van der Waals surface area contributed by atoms with Crippen LogP contribution in [-0.4, -0.2) is 17.3 Å². The van der Waals surface area contributed by atoms with Crippen LogP contribution in [0.25, 0.3) is 0 Å². The first kappa shape index (κ1) is 10.0. The van der Waals surface area contributed by atoms with Gasteiger partial charge in [-0.15, -0.1) is 0 Å². The maximum atomic E-state index is 10.3. The topological polar surface area (TPSA) is 46.2 Å². The molecule has 1 aliphatic carbocycles. The zero-order valence-electron chi connectivity index (χ0n) is 8.21. The first-order valence-electron chi connectivity index (χ1n) is 5.11. The molecular weight excluding hydrogens is 150 g/mol. The standard InChI is InChI=1S/C10H21NO/c1-3-8(7-11)10(12,4-2)9-5-6-9/h8-9,12H,3-7,11H2,1-2H3. The summed E-state index contributed by atoms with van der Waals surface area (Å²) < 4.78 is 0. The Bertz CT molecular complexity index is 141. The lowest BCUT2D eigenvalue weighted by molar-refractivity contribution is -0.0408. The third kappa shape index (κ3) is 1.64. The van der Waals surface area contributed by atoms with Gasteiger partial charge >= 0.3 is 0 Å². The van der Waals surface area contributed by atoms with Gasteiger partial charge in [0.1, 0.15) is 0 Å². The summed E-state index contributed by atoms with van der Waals surface area (Å²) >= 11 is 0. The molecule has 12 heavy (non-hydrogen) atoms. The summed E-state index contributed by atoms with van der Waals surface area (Å²) in [5.74, 6) is 0.839. The molecule has 0 spiro atoms. The lowest BCUT2D eigenvalue weighted by Crippen LogP contribution is -2.43. The van der Waals surface area contributed by atoms with E-state index in [4.69, 9.17) is 5.73 Å². The van der Waals surface area contributed by atoms with E-state index < -0.39 is 5.60 Å². The van der Waals surface area contributed by atoms with E-state index in [0.29, 0.717) is 18.4 Å². The summed E-state index contributed by atoms with van der Waals surface area (Å²) in [5.41, 5.74) is 5.20. The molecule has 0 bridgehead atoms. The normalized spacial score (nSPS) is 25.0. The van der Waals surface area contributed by atoms with Crippen molar-refractivity contribution in [2.75, 3.05) is 6.54 Å². The van der Waals surface area contributed by atoms with E-state index in [9.17, 15) is 5.11 Å². The Morgan fingerprint density at radius 1 is 1.50 bits per heavy atom. The van der Waals surface area contributed by atoms with Crippen LogP contribution in [0.5, 0.6) is 0 Å². The predicted octanol–water partition coefficient (Wildman–Crippen LogP) is 1.52. The highest BCUT2D eigenvalue weighted by Crippen LogP contribution is 2.46. The molecule has 1 rings (SSSR count).